The van der Waals surface area contributed by atoms with E-state index >= 15 is 0 Å². The number of carbonyl (C=O) groups is 1. The van der Waals surface area contributed by atoms with Gasteiger partial charge in [-0.05, 0) is 30.5 Å². The largest absolute Gasteiger partial charge is 0.325 e. The van der Waals surface area contributed by atoms with E-state index in [1.165, 1.54) is 4.90 Å². The summed E-state index contributed by atoms with van der Waals surface area (Å²) < 4.78 is 0. The molecule has 0 aliphatic rings. The SMILES string of the molecule is CSc1ccccc1NC(=O)C(C)CSc1ccccc1. The molecular formula is C17H19NOS2. The third-order valence-corrected chi connectivity index (χ3v) is 5.12. The van der Waals surface area contributed by atoms with Crippen LogP contribution in [0.4, 0.5) is 5.69 Å². The van der Waals surface area contributed by atoms with Gasteiger partial charge in [0.05, 0.1) is 5.69 Å². The van der Waals surface area contributed by atoms with Crippen molar-refractivity contribution in [1.82, 2.24) is 0 Å². The molecule has 0 spiro atoms. The lowest BCUT2D eigenvalue weighted by Gasteiger charge is -2.14. The van der Waals surface area contributed by atoms with Gasteiger partial charge in [-0.2, -0.15) is 0 Å². The molecule has 0 aliphatic carbocycles. The Kier molecular flexibility index (Phi) is 6.21. The summed E-state index contributed by atoms with van der Waals surface area (Å²) in [5.74, 6) is 0.808. The molecule has 0 radical (unpaired) electrons. The van der Waals surface area contributed by atoms with Crippen molar-refractivity contribution in [3.63, 3.8) is 0 Å². The lowest BCUT2D eigenvalue weighted by molar-refractivity contribution is -0.118. The second kappa shape index (κ2) is 8.15. The van der Waals surface area contributed by atoms with E-state index in [1.807, 2.05) is 55.6 Å². The summed E-state index contributed by atoms with van der Waals surface area (Å²) in [5, 5.41) is 3.02. The van der Waals surface area contributed by atoms with Gasteiger partial charge in [0, 0.05) is 21.5 Å². The van der Waals surface area contributed by atoms with Crippen molar-refractivity contribution in [3.05, 3.63) is 54.6 Å². The summed E-state index contributed by atoms with van der Waals surface area (Å²) >= 11 is 3.35. The number of carbonyl (C=O) groups excluding carboxylic acids is 1. The number of hydrogen-bond acceptors (Lipinski definition) is 3. The third-order valence-electron chi connectivity index (χ3n) is 3.06. The predicted molar refractivity (Wildman–Crippen MR) is 93.2 cm³/mol. The van der Waals surface area contributed by atoms with Gasteiger partial charge in [0.2, 0.25) is 5.91 Å². The number of benzene rings is 2. The van der Waals surface area contributed by atoms with Crippen molar-refractivity contribution < 1.29 is 4.79 Å². The minimum atomic E-state index is -0.0369. The summed E-state index contributed by atoms with van der Waals surface area (Å²) in [6, 6.07) is 18.1. The van der Waals surface area contributed by atoms with Crippen LogP contribution in [0.5, 0.6) is 0 Å². The fourth-order valence-corrected chi connectivity index (χ4v) is 3.31. The maximum Gasteiger partial charge on any atom is 0.228 e. The first kappa shape index (κ1) is 16.0. The van der Waals surface area contributed by atoms with Crippen LogP contribution in [0.1, 0.15) is 6.92 Å². The van der Waals surface area contributed by atoms with E-state index in [-0.39, 0.29) is 11.8 Å². The predicted octanol–water partition coefficient (Wildman–Crippen LogP) is 4.78. The molecule has 4 heteroatoms. The van der Waals surface area contributed by atoms with E-state index in [4.69, 9.17) is 0 Å². The van der Waals surface area contributed by atoms with Crippen molar-refractivity contribution in [3.8, 4) is 0 Å². The Bertz CT molecular complexity index is 586. The normalized spacial score (nSPS) is 11.9. The molecule has 110 valence electrons. The van der Waals surface area contributed by atoms with Gasteiger partial charge in [0.1, 0.15) is 0 Å². The number of hydrogen-bond donors (Lipinski definition) is 1. The Hall–Kier alpha value is -1.39. The van der Waals surface area contributed by atoms with Crippen LogP contribution in [-0.2, 0) is 4.79 Å². The molecule has 0 saturated heterocycles. The first-order chi connectivity index (χ1) is 10.2. The first-order valence-electron chi connectivity index (χ1n) is 6.82. The highest BCUT2D eigenvalue weighted by molar-refractivity contribution is 7.99. The molecule has 1 amide bonds. The monoisotopic (exact) mass is 317 g/mol. The van der Waals surface area contributed by atoms with Crippen molar-refractivity contribution >= 4 is 35.1 Å². The summed E-state index contributed by atoms with van der Waals surface area (Å²) in [4.78, 5) is 14.6. The quantitative estimate of drug-likeness (QED) is 0.778. The smallest absolute Gasteiger partial charge is 0.228 e. The fourth-order valence-electron chi connectivity index (χ4n) is 1.82. The van der Waals surface area contributed by atoms with E-state index in [2.05, 4.69) is 17.4 Å². The average Bonchev–Trinajstić information content (AvgIpc) is 2.54. The zero-order valence-electron chi connectivity index (χ0n) is 12.2. The number of nitrogens with one attached hydrogen (secondary N) is 1. The number of anilines is 1. The Morgan fingerprint density at radius 1 is 1.10 bits per heavy atom. The molecule has 21 heavy (non-hydrogen) atoms. The molecule has 0 fully saturated rings. The molecule has 0 aromatic heterocycles. The van der Waals surface area contributed by atoms with Crippen molar-refractivity contribution in [2.24, 2.45) is 5.92 Å². The first-order valence-corrected chi connectivity index (χ1v) is 9.03. The second-order valence-corrected chi connectivity index (χ2v) is 6.66. The van der Waals surface area contributed by atoms with Gasteiger partial charge < -0.3 is 5.32 Å². The molecular weight excluding hydrogens is 298 g/mol. The molecule has 0 aliphatic heterocycles. The number of amides is 1. The van der Waals surface area contributed by atoms with E-state index < -0.39 is 0 Å². The van der Waals surface area contributed by atoms with Gasteiger partial charge in [0.15, 0.2) is 0 Å². The minimum absolute atomic E-state index is 0.0369. The number of rotatable bonds is 6. The second-order valence-electron chi connectivity index (χ2n) is 4.71. The van der Waals surface area contributed by atoms with Crippen LogP contribution < -0.4 is 5.32 Å². The van der Waals surface area contributed by atoms with Gasteiger partial charge in [-0.15, -0.1) is 23.5 Å². The Labute approximate surface area is 134 Å². The van der Waals surface area contributed by atoms with Gasteiger partial charge in [-0.25, -0.2) is 0 Å². The molecule has 2 aromatic carbocycles. The number of thioether (sulfide) groups is 2. The van der Waals surface area contributed by atoms with Crippen molar-refractivity contribution in [1.29, 1.82) is 0 Å². The Morgan fingerprint density at radius 3 is 2.48 bits per heavy atom. The molecule has 2 aromatic rings. The zero-order valence-corrected chi connectivity index (χ0v) is 13.8. The van der Waals surface area contributed by atoms with Crippen LogP contribution in [0.25, 0.3) is 0 Å². The summed E-state index contributed by atoms with van der Waals surface area (Å²) in [6.07, 6.45) is 2.01. The molecule has 1 unspecified atom stereocenters. The Balaban J connectivity index is 1.90. The maximum atomic E-state index is 12.3. The molecule has 1 N–H and O–H groups in total. The molecule has 0 heterocycles. The van der Waals surface area contributed by atoms with E-state index in [1.54, 1.807) is 23.5 Å². The van der Waals surface area contributed by atoms with Gasteiger partial charge in [-0.1, -0.05) is 37.3 Å². The molecule has 0 bridgehead atoms. The molecule has 0 saturated carbocycles. The van der Waals surface area contributed by atoms with E-state index in [9.17, 15) is 4.79 Å². The van der Waals surface area contributed by atoms with Crippen molar-refractivity contribution in [2.75, 3.05) is 17.3 Å². The highest BCUT2D eigenvalue weighted by atomic mass is 32.2. The summed E-state index contributed by atoms with van der Waals surface area (Å²) in [7, 11) is 0. The molecule has 2 rings (SSSR count). The van der Waals surface area contributed by atoms with Crippen LogP contribution >= 0.6 is 23.5 Å². The lowest BCUT2D eigenvalue weighted by atomic mass is 10.2. The van der Waals surface area contributed by atoms with Gasteiger partial charge in [0.25, 0.3) is 0 Å². The average molecular weight is 317 g/mol. The van der Waals surface area contributed by atoms with Crippen molar-refractivity contribution in [2.45, 2.75) is 16.7 Å². The zero-order chi connectivity index (χ0) is 15.1. The molecule has 1 atom stereocenters. The van der Waals surface area contributed by atoms with E-state index in [0.717, 1.165) is 16.3 Å². The van der Waals surface area contributed by atoms with Crippen LogP contribution in [0.3, 0.4) is 0 Å². The molecule has 2 nitrogen and oxygen atoms in total. The van der Waals surface area contributed by atoms with Gasteiger partial charge >= 0.3 is 0 Å². The lowest BCUT2D eigenvalue weighted by Crippen LogP contribution is -2.22. The topological polar surface area (TPSA) is 29.1 Å². The third kappa shape index (κ3) is 4.83. The van der Waals surface area contributed by atoms with Crippen LogP contribution in [0, 0.1) is 5.92 Å². The van der Waals surface area contributed by atoms with Gasteiger partial charge in [-0.3, -0.25) is 4.79 Å². The highest BCUT2D eigenvalue weighted by Gasteiger charge is 2.14. The van der Waals surface area contributed by atoms with E-state index in [0.29, 0.717) is 0 Å². The van der Waals surface area contributed by atoms with Crippen LogP contribution in [0.2, 0.25) is 0 Å². The highest BCUT2D eigenvalue weighted by Crippen LogP contribution is 2.26. The minimum Gasteiger partial charge on any atom is -0.325 e. The standard InChI is InChI=1S/C17H19NOS2/c1-13(12-21-14-8-4-3-5-9-14)17(19)18-15-10-6-7-11-16(15)20-2/h3-11,13H,12H2,1-2H3,(H,18,19). The fraction of sp³-hybridized carbons (Fsp3) is 0.235. The maximum absolute atomic E-state index is 12.3. The summed E-state index contributed by atoms with van der Waals surface area (Å²) in [5.41, 5.74) is 0.895. The summed E-state index contributed by atoms with van der Waals surface area (Å²) in [6.45, 7) is 1.97. The van der Waals surface area contributed by atoms with Crippen LogP contribution in [-0.4, -0.2) is 17.9 Å². The Morgan fingerprint density at radius 2 is 1.76 bits per heavy atom. The number of para-hydroxylation sites is 1. The van der Waals surface area contributed by atoms with Crippen LogP contribution in [0.15, 0.2) is 64.4 Å².